The molecule has 1 heterocycles. The number of carbonyl (C=O) groups excluding carboxylic acids is 1. The number of nitrogens with zero attached hydrogens (tertiary/aromatic N) is 1. The Balaban J connectivity index is 1.78. The largest absolute Gasteiger partial charge is 0.352 e. The third-order valence-corrected chi connectivity index (χ3v) is 4.44. The van der Waals surface area contributed by atoms with E-state index >= 15 is 0 Å². The Morgan fingerprint density at radius 3 is 2.54 bits per heavy atom. The van der Waals surface area contributed by atoms with Crippen LogP contribution in [0.3, 0.4) is 0 Å². The van der Waals surface area contributed by atoms with Gasteiger partial charge in [0.15, 0.2) is 0 Å². The highest BCUT2D eigenvalue weighted by molar-refractivity contribution is 7.13. The van der Waals surface area contributed by atoms with Crippen molar-refractivity contribution in [1.29, 1.82) is 0 Å². The van der Waals surface area contributed by atoms with E-state index in [2.05, 4.69) is 17.6 Å². The van der Waals surface area contributed by atoms with Crippen molar-refractivity contribution in [2.75, 3.05) is 6.54 Å². The Bertz CT molecular complexity index is 683. The molecule has 7 heteroatoms. The van der Waals surface area contributed by atoms with E-state index in [4.69, 9.17) is 0 Å². The maximum Gasteiger partial charge on any atom is 0.324 e. The van der Waals surface area contributed by atoms with Gasteiger partial charge in [0.2, 0.25) is 0 Å². The number of unbranched alkanes of at least 4 members (excludes halogenated alkanes) is 1. The van der Waals surface area contributed by atoms with Crippen LogP contribution in [0.5, 0.6) is 0 Å². The lowest BCUT2D eigenvalue weighted by atomic mass is 10.1. The lowest BCUT2D eigenvalue weighted by molar-refractivity contribution is -0.380. The van der Waals surface area contributed by atoms with Crippen LogP contribution in [0.25, 0.3) is 0 Å². The molecular formula is C17H21N3O3S. The molecule has 2 rings (SSSR count). The highest BCUT2D eigenvalue weighted by atomic mass is 32.1. The van der Waals surface area contributed by atoms with Gasteiger partial charge in [-0.15, -0.1) is 0 Å². The van der Waals surface area contributed by atoms with Gasteiger partial charge in [0.05, 0.1) is 4.92 Å². The number of amides is 1. The van der Waals surface area contributed by atoms with Crippen LogP contribution in [-0.2, 0) is 13.1 Å². The van der Waals surface area contributed by atoms with E-state index in [-0.39, 0.29) is 15.8 Å². The topological polar surface area (TPSA) is 84.3 Å². The first kappa shape index (κ1) is 18.1. The molecule has 0 aliphatic carbocycles. The molecular weight excluding hydrogens is 326 g/mol. The molecule has 1 aromatic heterocycles. The summed E-state index contributed by atoms with van der Waals surface area (Å²) in [7, 11) is 0. The van der Waals surface area contributed by atoms with Gasteiger partial charge >= 0.3 is 5.00 Å². The van der Waals surface area contributed by atoms with Crippen molar-refractivity contribution in [2.45, 2.75) is 32.9 Å². The molecule has 0 saturated heterocycles. The number of benzene rings is 1. The van der Waals surface area contributed by atoms with Crippen LogP contribution < -0.4 is 10.6 Å². The number of nitro groups is 1. The summed E-state index contributed by atoms with van der Waals surface area (Å²) < 4.78 is 0. The molecule has 0 spiro atoms. The Kier molecular flexibility index (Phi) is 6.89. The van der Waals surface area contributed by atoms with Gasteiger partial charge in [-0.25, -0.2) is 0 Å². The summed E-state index contributed by atoms with van der Waals surface area (Å²) >= 11 is 1.13. The number of thiophene rings is 1. The third-order valence-electron chi connectivity index (χ3n) is 3.51. The monoisotopic (exact) mass is 347 g/mol. The van der Waals surface area contributed by atoms with Gasteiger partial charge in [0.1, 0.15) is 0 Å². The molecule has 0 aliphatic rings. The zero-order chi connectivity index (χ0) is 17.4. The van der Waals surface area contributed by atoms with Crippen LogP contribution >= 0.6 is 11.3 Å². The summed E-state index contributed by atoms with van der Waals surface area (Å²) in [5.74, 6) is -0.0476. The SMILES string of the molecule is CCCCNC(=O)c1ccc(CNCc2csc([N+](=O)[O-])c2)cc1. The van der Waals surface area contributed by atoms with Gasteiger partial charge in [-0.1, -0.05) is 36.8 Å². The Morgan fingerprint density at radius 1 is 1.21 bits per heavy atom. The molecule has 0 aliphatic heterocycles. The fourth-order valence-corrected chi connectivity index (χ4v) is 2.89. The summed E-state index contributed by atoms with van der Waals surface area (Å²) in [5.41, 5.74) is 2.62. The first-order valence-corrected chi connectivity index (χ1v) is 8.77. The number of hydrogen-bond donors (Lipinski definition) is 2. The van der Waals surface area contributed by atoms with Gasteiger partial charge < -0.3 is 10.6 Å². The molecule has 0 unspecified atom stereocenters. The fraction of sp³-hybridized carbons (Fsp3) is 0.353. The molecule has 1 amide bonds. The molecule has 2 aromatic rings. The summed E-state index contributed by atoms with van der Waals surface area (Å²) in [5, 5.41) is 18.7. The fourth-order valence-electron chi connectivity index (χ4n) is 2.16. The van der Waals surface area contributed by atoms with E-state index in [0.717, 1.165) is 35.3 Å². The summed E-state index contributed by atoms with van der Waals surface area (Å²) in [6.07, 6.45) is 2.03. The van der Waals surface area contributed by atoms with Crippen LogP contribution in [0.4, 0.5) is 5.00 Å². The first-order valence-electron chi connectivity index (χ1n) is 7.89. The Hall–Kier alpha value is -2.25. The first-order chi connectivity index (χ1) is 11.6. The maximum absolute atomic E-state index is 11.9. The van der Waals surface area contributed by atoms with Crippen molar-refractivity contribution in [3.8, 4) is 0 Å². The van der Waals surface area contributed by atoms with Gasteiger partial charge in [0, 0.05) is 36.6 Å². The molecule has 0 saturated carbocycles. The number of nitrogens with one attached hydrogen (secondary N) is 2. The number of rotatable bonds is 9. The average Bonchev–Trinajstić information content (AvgIpc) is 3.05. The van der Waals surface area contributed by atoms with Crippen molar-refractivity contribution in [1.82, 2.24) is 10.6 Å². The predicted octanol–water partition coefficient (Wildman–Crippen LogP) is 3.48. The summed E-state index contributed by atoms with van der Waals surface area (Å²) in [4.78, 5) is 22.2. The van der Waals surface area contributed by atoms with E-state index in [0.29, 0.717) is 25.2 Å². The molecule has 0 bridgehead atoms. The minimum absolute atomic E-state index is 0.0476. The van der Waals surface area contributed by atoms with Crippen molar-refractivity contribution < 1.29 is 9.72 Å². The molecule has 24 heavy (non-hydrogen) atoms. The zero-order valence-electron chi connectivity index (χ0n) is 13.6. The van der Waals surface area contributed by atoms with Gasteiger partial charge in [-0.05, 0) is 29.7 Å². The van der Waals surface area contributed by atoms with Crippen LogP contribution in [0, 0.1) is 10.1 Å². The second kappa shape index (κ2) is 9.14. The second-order valence-electron chi connectivity index (χ2n) is 5.46. The highest BCUT2D eigenvalue weighted by Crippen LogP contribution is 2.22. The summed E-state index contributed by atoms with van der Waals surface area (Å²) in [6.45, 7) is 4.00. The second-order valence-corrected chi connectivity index (χ2v) is 6.35. The van der Waals surface area contributed by atoms with E-state index in [1.165, 1.54) is 0 Å². The number of hydrogen-bond acceptors (Lipinski definition) is 5. The van der Waals surface area contributed by atoms with Gasteiger partial charge in [-0.2, -0.15) is 0 Å². The van der Waals surface area contributed by atoms with E-state index < -0.39 is 0 Å². The molecule has 6 nitrogen and oxygen atoms in total. The predicted molar refractivity (Wildman–Crippen MR) is 95.2 cm³/mol. The lowest BCUT2D eigenvalue weighted by Crippen LogP contribution is -2.24. The third kappa shape index (κ3) is 5.43. The Morgan fingerprint density at radius 2 is 1.92 bits per heavy atom. The molecule has 1 aromatic carbocycles. The quantitative estimate of drug-likeness (QED) is 0.413. The summed E-state index contributed by atoms with van der Waals surface area (Å²) in [6, 6.07) is 9.04. The average molecular weight is 347 g/mol. The Labute approximate surface area is 145 Å². The van der Waals surface area contributed by atoms with Crippen LogP contribution in [0.1, 0.15) is 41.3 Å². The standard InChI is InChI=1S/C17H21N3O3S/c1-2-3-8-19-17(21)15-6-4-13(5-7-15)10-18-11-14-9-16(20(22)23)24-12-14/h4-7,9,12,18H,2-3,8,10-11H2,1H3,(H,19,21). The molecule has 0 fully saturated rings. The molecule has 128 valence electrons. The minimum Gasteiger partial charge on any atom is -0.352 e. The van der Waals surface area contributed by atoms with Crippen LogP contribution in [0.15, 0.2) is 35.7 Å². The van der Waals surface area contributed by atoms with Crippen molar-refractivity contribution in [3.05, 3.63) is 62.5 Å². The van der Waals surface area contributed by atoms with Crippen molar-refractivity contribution in [2.24, 2.45) is 0 Å². The minimum atomic E-state index is -0.377. The maximum atomic E-state index is 11.9. The van der Waals surface area contributed by atoms with Crippen molar-refractivity contribution in [3.63, 3.8) is 0 Å². The van der Waals surface area contributed by atoms with E-state index in [1.54, 1.807) is 11.4 Å². The van der Waals surface area contributed by atoms with Gasteiger partial charge in [0.25, 0.3) is 5.91 Å². The van der Waals surface area contributed by atoms with Crippen molar-refractivity contribution >= 4 is 22.2 Å². The zero-order valence-corrected chi connectivity index (χ0v) is 14.4. The lowest BCUT2D eigenvalue weighted by Gasteiger charge is -2.06. The molecule has 0 radical (unpaired) electrons. The molecule has 2 N–H and O–H groups in total. The molecule has 0 atom stereocenters. The normalized spacial score (nSPS) is 10.5. The van der Waals surface area contributed by atoms with E-state index in [1.807, 2.05) is 24.3 Å². The highest BCUT2D eigenvalue weighted by Gasteiger charge is 2.09. The van der Waals surface area contributed by atoms with E-state index in [9.17, 15) is 14.9 Å². The smallest absolute Gasteiger partial charge is 0.324 e. The van der Waals surface area contributed by atoms with Crippen LogP contribution in [0.2, 0.25) is 0 Å². The van der Waals surface area contributed by atoms with Crippen LogP contribution in [-0.4, -0.2) is 17.4 Å². The number of carbonyl (C=O) groups is 1. The van der Waals surface area contributed by atoms with Gasteiger partial charge in [-0.3, -0.25) is 14.9 Å².